The molecule has 0 radical (unpaired) electrons. The molecule has 1 saturated heterocycles. The van der Waals surface area contributed by atoms with Crippen molar-refractivity contribution < 1.29 is 75.2 Å². The van der Waals surface area contributed by atoms with E-state index in [9.17, 15) is 19.1 Å². The number of carbonyl (C=O) groups excluding carboxylic acids is 2. The minimum atomic E-state index is -1.41. The number of hydrogen-bond donors (Lipinski definition) is 1. The first-order valence-corrected chi connectivity index (χ1v) is 6.91. The molecule has 0 spiro atoms. The second-order valence-electron chi connectivity index (χ2n) is 5.52. The third kappa shape index (κ3) is 4.74. The van der Waals surface area contributed by atoms with Crippen LogP contribution >= 0.6 is 0 Å². The van der Waals surface area contributed by atoms with Crippen LogP contribution in [0.4, 0.5) is 9.18 Å². The number of hydrogen-bond acceptors (Lipinski definition) is 4. The predicted octanol–water partition coefficient (Wildman–Crippen LogP) is -2.73. The molecule has 2 atom stereocenters. The first-order valence-electron chi connectivity index (χ1n) is 6.91. The Morgan fingerprint density at radius 2 is 2.04 bits per heavy atom. The summed E-state index contributed by atoms with van der Waals surface area (Å²) < 4.78 is 18.0. The molecular formula is C15H18FKN2O4. The quantitative estimate of drug-likeness (QED) is 0.599. The summed E-state index contributed by atoms with van der Waals surface area (Å²) in [5.74, 6) is -1.67. The van der Waals surface area contributed by atoms with Gasteiger partial charge >= 0.3 is 57.4 Å². The minimum Gasteiger partial charge on any atom is -0.548 e. The van der Waals surface area contributed by atoms with Crippen molar-refractivity contribution in [2.45, 2.75) is 31.5 Å². The SMILES string of the molecule is COC1CN(C(=O)NCc2ccc(F)cc2)C(C)(C(=O)[O-])C1.[K+]. The van der Waals surface area contributed by atoms with Crippen molar-refractivity contribution in [1.29, 1.82) is 0 Å². The van der Waals surface area contributed by atoms with Gasteiger partial charge in [-0.05, 0) is 24.6 Å². The predicted molar refractivity (Wildman–Crippen MR) is 74.2 cm³/mol. The molecule has 1 aromatic rings. The summed E-state index contributed by atoms with van der Waals surface area (Å²) in [5, 5.41) is 14.0. The van der Waals surface area contributed by atoms with Gasteiger partial charge in [-0.2, -0.15) is 0 Å². The van der Waals surface area contributed by atoms with Gasteiger partial charge in [0.15, 0.2) is 0 Å². The number of carboxylic acid groups (broad SMARTS) is 1. The van der Waals surface area contributed by atoms with E-state index in [4.69, 9.17) is 4.74 Å². The number of amides is 2. The molecule has 2 rings (SSSR count). The van der Waals surface area contributed by atoms with Gasteiger partial charge in [0.2, 0.25) is 0 Å². The van der Waals surface area contributed by atoms with Gasteiger partial charge in [-0.1, -0.05) is 12.1 Å². The van der Waals surface area contributed by atoms with E-state index < -0.39 is 17.5 Å². The number of nitrogens with one attached hydrogen (secondary N) is 1. The Labute approximate surface area is 176 Å². The summed E-state index contributed by atoms with van der Waals surface area (Å²) in [6, 6.07) is 5.17. The Morgan fingerprint density at radius 1 is 1.43 bits per heavy atom. The molecule has 1 heterocycles. The van der Waals surface area contributed by atoms with Crippen LogP contribution < -0.4 is 61.8 Å². The Balaban J connectivity index is 0.00000264. The average Bonchev–Trinajstić information content (AvgIpc) is 2.85. The molecule has 0 aromatic heterocycles. The standard InChI is InChI=1S/C15H19FN2O4.K/c1-15(13(19)20)7-12(22-2)9-18(15)14(21)17-8-10-3-5-11(16)6-4-10;/h3-6,12H,7-9H2,1-2H3,(H,17,21)(H,19,20);/q;+1/p-1. The zero-order valence-corrected chi connectivity index (χ0v) is 16.6. The van der Waals surface area contributed by atoms with Crippen molar-refractivity contribution in [3.63, 3.8) is 0 Å². The molecule has 1 aliphatic heterocycles. The zero-order valence-electron chi connectivity index (χ0n) is 13.5. The molecule has 2 unspecified atom stereocenters. The van der Waals surface area contributed by atoms with E-state index in [2.05, 4.69) is 5.32 Å². The maximum atomic E-state index is 12.8. The molecule has 120 valence electrons. The maximum absolute atomic E-state index is 12.8. The van der Waals surface area contributed by atoms with Crippen LogP contribution in [0.1, 0.15) is 18.9 Å². The number of carboxylic acids is 1. The van der Waals surface area contributed by atoms with Gasteiger partial charge in [-0.25, -0.2) is 9.18 Å². The van der Waals surface area contributed by atoms with Gasteiger partial charge in [0.05, 0.1) is 17.6 Å². The topological polar surface area (TPSA) is 81.7 Å². The van der Waals surface area contributed by atoms with Crippen molar-refractivity contribution in [2.75, 3.05) is 13.7 Å². The number of ether oxygens (including phenoxy) is 1. The normalized spacial score (nSPS) is 23.3. The molecule has 1 fully saturated rings. The van der Waals surface area contributed by atoms with E-state index in [1.165, 1.54) is 31.1 Å². The first-order chi connectivity index (χ1) is 10.4. The van der Waals surface area contributed by atoms with E-state index in [0.717, 1.165) is 0 Å². The summed E-state index contributed by atoms with van der Waals surface area (Å²) in [6.45, 7) is 1.80. The summed E-state index contributed by atoms with van der Waals surface area (Å²) >= 11 is 0. The number of aliphatic carboxylic acids is 1. The number of halogens is 1. The number of urea groups is 1. The van der Waals surface area contributed by atoms with Crippen molar-refractivity contribution in [1.82, 2.24) is 10.2 Å². The van der Waals surface area contributed by atoms with Gasteiger partial charge in [0, 0.05) is 26.6 Å². The number of carbonyl (C=O) groups is 2. The molecule has 8 heteroatoms. The molecule has 2 amide bonds. The first kappa shape index (κ1) is 20.5. The smallest absolute Gasteiger partial charge is 0.548 e. The van der Waals surface area contributed by atoms with Crippen molar-refractivity contribution in [3.05, 3.63) is 35.6 Å². The fourth-order valence-electron chi connectivity index (χ4n) is 2.56. The van der Waals surface area contributed by atoms with E-state index in [1.807, 2.05) is 0 Å². The average molecular weight is 348 g/mol. The van der Waals surface area contributed by atoms with E-state index in [-0.39, 0.29) is 82.8 Å². The van der Waals surface area contributed by atoms with Crippen LogP contribution in [0.5, 0.6) is 0 Å². The van der Waals surface area contributed by atoms with Gasteiger partial charge in [0.25, 0.3) is 0 Å². The molecule has 0 aliphatic carbocycles. The van der Waals surface area contributed by atoms with Crippen LogP contribution in [-0.2, 0) is 16.1 Å². The molecular weight excluding hydrogens is 330 g/mol. The second-order valence-corrected chi connectivity index (χ2v) is 5.52. The number of methoxy groups -OCH3 is 1. The molecule has 1 N–H and O–H groups in total. The largest absolute Gasteiger partial charge is 1.00 e. The minimum absolute atomic E-state index is 0. The van der Waals surface area contributed by atoms with E-state index >= 15 is 0 Å². The van der Waals surface area contributed by atoms with Crippen LogP contribution in [-0.4, -0.2) is 42.2 Å². The Bertz CT molecular complexity index is 569. The molecule has 1 aromatic carbocycles. The fourth-order valence-corrected chi connectivity index (χ4v) is 2.56. The zero-order chi connectivity index (χ0) is 16.3. The molecule has 0 saturated carbocycles. The van der Waals surface area contributed by atoms with Crippen LogP contribution in [0.25, 0.3) is 0 Å². The number of benzene rings is 1. The third-order valence-electron chi connectivity index (χ3n) is 3.98. The number of rotatable bonds is 4. The van der Waals surface area contributed by atoms with Gasteiger partial charge in [-0.15, -0.1) is 0 Å². The Hall–Kier alpha value is -0.514. The van der Waals surface area contributed by atoms with Gasteiger partial charge in [0.1, 0.15) is 5.82 Å². The maximum Gasteiger partial charge on any atom is 1.00 e. The van der Waals surface area contributed by atoms with Crippen molar-refractivity contribution >= 4 is 12.0 Å². The number of nitrogens with zero attached hydrogens (tertiary/aromatic N) is 1. The Kier molecular flexibility index (Phi) is 7.63. The molecule has 1 aliphatic rings. The fraction of sp³-hybridized carbons (Fsp3) is 0.467. The summed E-state index contributed by atoms with van der Waals surface area (Å²) in [4.78, 5) is 24.9. The third-order valence-corrected chi connectivity index (χ3v) is 3.98. The molecule has 0 bridgehead atoms. The Morgan fingerprint density at radius 3 is 2.57 bits per heavy atom. The monoisotopic (exact) mass is 348 g/mol. The molecule has 6 nitrogen and oxygen atoms in total. The summed E-state index contributed by atoms with van der Waals surface area (Å²) in [7, 11) is 1.47. The van der Waals surface area contributed by atoms with Crippen LogP contribution in [0, 0.1) is 5.82 Å². The van der Waals surface area contributed by atoms with E-state index in [1.54, 1.807) is 12.1 Å². The van der Waals surface area contributed by atoms with Crippen molar-refractivity contribution in [2.24, 2.45) is 0 Å². The van der Waals surface area contributed by atoms with Gasteiger partial charge < -0.3 is 24.9 Å². The second kappa shape index (κ2) is 8.54. The molecule has 23 heavy (non-hydrogen) atoms. The van der Waals surface area contributed by atoms with E-state index in [0.29, 0.717) is 5.56 Å². The summed E-state index contributed by atoms with van der Waals surface area (Å²) in [5.41, 5.74) is -0.694. The van der Waals surface area contributed by atoms with Gasteiger partial charge in [-0.3, -0.25) is 0 Å². The van der Waals surface area contributed by atoms with Crippen molar-refractivity contribution in [3.8, 4) is 0 Å². The number of likely N-dealkylation sites (tertiary alicyclic amines) is 1. The van der Waals surface area contributed by atoms with Crippen LogP contribution in [0.15, 0.2) is 24.3 Å². The van der Waals surface area contributed by atoms with Crippen LogP contribution in [0.3, 0.4) is 0 Å². The van der Waals surface area contributed by atoms with Crippen LogP contribution in [0.2, 0.25) is 0 Å². The summed E-state index contributed by atoms with van der Waals surface area (Å²) in [6.07, 6.45) is -0.171.